The third-order valence-electron chi connectivity index (χ3n) is 13.5. The van der Waals surface area contributed by atoms with Crippen molar-refractivity contribution < 1.29 is 67.8 Å². The largest absolute Gasteiger partial charge is 0.456 e. The molecule has 2 saturated carbocycles. The number of esters is 4. The van der Waals surface area contributed by atoms with Crippen molar-refractivity contribution in [3.63, 3.8) is 0 Å². The van der Waals surface area contributed by atoms with E-state index in [1.54, 1.807) is 80.6 Å². The van der Waals surface area contributed by atoms with Gasteiger partial charge in [0, 0.05) is 42.7 Å². The lowest BCUT2D eigenvalue weighted by molar-refractivity contribution is -0.346. The van der Waals surface area contributed by atoms with E-state index in [1.807, 2.05) is 0 Å². The molecule has 7 rings (SSSR count). The SMILES string of the molecule is CC(=O)O[C@H]1C(=O)[C@@]2(C)[C@H]([C@H](OC(=O)c3ccccc3)[C@]3(O)C[C@H](OC(=O)[C@H](O)[C@@H](NC(=O)c4ccccc4)c4cccc(Cl)c4)C(C)=C1C3(C)C)[C@]1(OC(C)=O)CO[C@@H]1C[C@@H]2O. The Morgan fingerprint density at radius 1 is 0.873 bits per heavy atom. The molecule has 3 aromatic carbocycles. The molecule has 3 aliphatic carbocycles. The second kappa shape index (κ2) is 16.9. The molecule has 0 radical (unpaired) electrons. The molecule has 4 N–H and O–H groups in total. The van der Waals surface area contributed by atoms with Gasteiger partial charge in [-0.25, -0.2) is 9.59 Å². The van der Waals surface area contributed by atoms with Crippen LogP contribution in [0.4, 0.5) is 0 Å². The van der Waals surface area contributed by atoms with Gasteiger partial charge in [0.2, 0.25) is 0 Å². The molecular formula is C47H50ClNO14. The van der Waals surface area contributed by atoms with Crippen LogP contribution in [0.1, 0.15) is 86.7 Å². The molecule has 0 unspecified atom stereocenters. The molecular weight excluding hydrogens is 838 g/mol. The van der Waals surface area contributed by atoms with Crippen molar-refractivity contribution in [3.8, 4) is 0 Å². The van der Waals surface area contributed by atoms with E-state index in [-0.39, 0.29) is 45.9 Å². The first-order chi connectivity index (χ1) is 29.7. The maximum absolute atomic E-state index is 15.5. The number of benzene rings is 3. The lowest BCUT2D eigenvalue weighted by Gasteiger charge is -2.67. The molecule has 1 amide bonds. The third kappa shape index (κ3) is 7.73. The van der Waals surface area contributed by atoms with E-state index in [0.29, 0.717) is 0 Å². The fourth-order valence-corrected chi connectivity index (χ4v) is 10.4. The summed E-state index contributed by atoms with van der Waals surface area (Å²) in [4.78, 5) is 83.6. The Balaban J connectivity index is 1.39. The molecule has 2 bridgehead atoms. The summed E-state index contributed by atoms with van der Waals surface area (Å²) >= 11 is 6.31. The first-order valence-corrected chi connectivity index (χ1v) is 21.0. The molecule has 0 spiro atoms. The number of rotatable bonds is 10. The van der Waals surface area contributed by atoms with E-state index >= 15 is 4.79 Å². The number of ether oxygens (including phenoxy) is 5. The van der Waals surface area contributed by atoms with Crippen molar-refractivity contribution in [1.29, 1.82) is 0 Å². The molecule has 334 valence electrons. The summed E-state index contributed by atoms with van der Waals surface area (Å²) < 4.78 is 30.3. The summed E-state index contributed by atoms with van der Waals surface area (Å²) in [6.07, 6.45) is -10.7. The van der Waals surface area contributed by atoms with E-state index in [0.717, 1.165) is 13.8 Å². The van der Waals surface area contributed by atoms with Gasteiger partial charge < -0.3 is 44.3 Å². The highest BCUT2D eigenvalue weighted by atomic mass is 35.5. The standard InChI is InChI=1S/C47H50ClNO14/c1-24-31(61-43(57)36(53)35(29-18-13-19-30(48)20-29)49-41(55)27-14-9-7-10-15-27)22-47(58)40(62-42(56)28-16-11-8-12-17-28)38-45(6,32(52)21-33-46(38,23-59-33)63-26(3)51)39(54)37(60-25(2)50)34(24)44(47,4)5/h7-20,31-33,35-38,40,52-53,58H,21-23H2,1-6H3,(H,49,55)/t31-,32-,33+,35-,36+,37+,38-,40-,45+,46-,47+/m0/s1. The van der Waals surface area contributed by atoms with E-state index in [2.05, 4.69) is 5.32 Å². The Morgan fingerprint density at radius 2 is 1.51 bits per heavy atom. The zero-order valence-electron chi connectivity index (χ0n) is 35.5. The van der Waals surface area contributed by atoms with Gasteiger partial charge in [-0.05, 0) is 67.0 Å². The van der Waals surface area contributed by atoms with Crippen LogP contribution in [0.5, 0.6) is 0 Å². The Bertz CT molecular complexity index is 2350. The number of hydrogen-bond acceptors (Lipinski definition) is 14. The van der Waals surface area contributed by atoms with Gasteiger partial charge in [0.15, 0.2) is 23.6 Å². The smallest absolute Gasteiger partial charge is 0.338 e. The second-order valence-corrected chi connectivity index (χ2v) is 17.9. The first kappa shape index (κ1) is 45.6. The van der Waals surface area contributed by atoms with Crippen molar-refractivity contribution in [2.75, 3.05) is 6.61 Å². The number of fused-ring (bicyclic) bond motifs is 5. The van der Waals surface area contributed by atoms with Gasteiger partial charge >= 0.3 is 23.9 Å². The minimum atomic E-state index is -2.41. The van der Waals surface area contributed by atoms with Crippen LogP contribution < -0.4 is 5.32 Å². The molecule has 15 nitrogen and oxygen atoms in total. The van der Waals surface area contributed by atoms with Gasteiger partial charge in [-0.2, -0.15) is 0 Å². The van der Waals surface area contributed by atoms with Crippen molar-refractivity contribution >= 4 is 47.2 Å². The van der Waals surface area contributed by atoms with Gasteiger partial charge in [0.1, 0.15) is 23.9 Å². The van der Waals surface area contributed by atoms with Crippen LogP contribution in [0.25, 0.3) is 0 Å². The maximum atomic E-state index is 15.5. The fraction of sp³-hybridized carbons (Fsp3) is 0.447. The molecule has 11 atom stereocenters. The summed E-state index contributed by atoms with van der Waals surface area (Å²) in [6.45, 7) is 7.91. The van der Waals surface area contributed by atoms with E-state index in [9.17, 15) is 39.3 Å². The Kier molecular flexibility index (Phi) is 12.2. The summed E-state index contributed by atoms with van der Waals surface area (Å²) in [5.74, 6) is -6.98. The van der Waals surface area contributed by atoms with E-state index < -0.39 is 113 Å². The topological polar surface area (TPSA) is 221 Å². The zero-order valence-corrected chi connectivity index (χ0v) is 36.3. The average molecular weight is 888 g/mol. The monoisotopic (exact) mass is 887 g/mol. The number of aliphatic hydroxyl groups is 3. The average Bonchev–Trinajstić information content (AvgIpc) is 3.23. The molecule has 3 fully saturated rings. The summed E-state index contributed by atoms with van der Waals surface area (Å²) in [5, 5.41) is 40.5. The van der Waals surface area contributed by atoms with E-state index in [1.165, 1.54) is 32.0 Å². The van der Waals surface area contributed by atoms with Crippen LogP contribution >= 0.6 is 11.6 Å². The molecule has 0 aromatic heterocycles. The molecule has 4 aliphatic rings. The Hall–Kier alpha value is -5.45. The number of hydrogen-bond donors (Lipinski definition) is 4. The number of nitrogens with one attached hydrogen (secondary N) is 1. The number of amides is 1. The number of carbonyl (C=O) groups excluding carboxylic acids is 6. The van der Waals surface area contributed by atoms with Crippen molar-refractivity contribution in [1.82, 2.24) is 5.32 Å². The quantitative estimate of drug-likeness (QED) is 0.126. The first-order valence-electron chi connectivity index (χ1n) is 20.6. The molecule has 63 heavy (non-hydrogen) atoms. The lowest BCUT2D eigenvalue weighted by Crippen LogP contribution is -2.82. The molecule has 1 heterocycles. The third-order valence-corrected chi connectivity index (χ3v) is 13.8. The predicted octanol–water partition coefficient (Wildman–Crippen LogP) is 4.39. The van der Waals surface area contributed by atoms with Crippen molar-refractivity contribution in [2.45, 2.75) is 108 Å². The second-order valence-electron chi connectivity index (χ2n) is 17.5. The van der Waals surface area contributed by atoms with Gasteiger partial charge in [-0.15, -0.1) is 0 Å². The minimum absolute atomic E-state index is 0.0198. The number of aliphatic hydroxyl groups excluding tert-OH is 2. The molecule has 1 aliphatic heterocycles. The molecule has 16 heteroatoms. The van der Waals surface area contributed by atoms with Crippen LogP contribution in [-0.2, 0) is 42.9 Å². The number of halogens is 1. The van der Waals surface area contributed by atoms with Crippen molar-refractivity contribution in [3.05, 3.63) is 118 Å². The highest BCUT2D eigenvalue weighted by molar-refractivity contribution is 6.30. The summed E-state index contributed by atoms with van der Waals surface area (Å²) in [6, 6.07) is 20.6. The van der Waals surface area contributed by atoms with Crippen LogP contribution in [-0.4, -0.2) is 105 Å². The van der Waals surface area contributed by atoms with E-state index in [4.69, 9.17) is 35.3 Å². The fourth-order valence-electron chi connectivity index (χ4n) is 10.2. The predicted molar refractivity (Wildman–Crippen MR) is 223 cm³/mol. The van der Waals surface area contributed by atoms with Crippen LogP contribution in [0.2, 0.25) is 5.02 Å². The van der Waals surface area contributed by atoms with Crippen LogP contribution in [0.3, 0.4) is 0 Å². The van der Waals surface area contributed by atoms with Gasteiger partial charge in [0.25, 0.3) is 5.91 Å². The number of Topliss-reactive ketones (excluding diaryl/α,β-unsaturated/α-hetero) is 1. The normalized spacial score (nSPS) is 31.6. The minimum Gasteiger partial charge on any atom is -0.456 e. The highest BCUT2D eigenvalue weighted by Gasteiger charge is 2.78. The molecule has 1 saturated heterocycles. The zero-order chi connectivity index (χ0) is 45.8. The maximum Gasteiger partial charge on any atom is 0.338 e. The number of carbonyl (C=O) groups is 6. The summed E-state index contributed by atoms with van der Waals surface area (Å²) in [5.41, 5.74) is -7.28. The highest BCUT2D eigenvalue weighted by Crippen LogP contribution is 2.64. The van der Waals surface area contributed by atoms with Gasteiger partial charge in [0.05, 0.1) is 35.6 Å². The lowest BCUT2D eigenvalue weighted by atomic mass is 9.44. The number of ketones is 1. The van der Waals surface area contributed by atoms with Gasteiger partial charge in [-0.1, -0.05) is 74.0 Å². The summed E-state index contributed by atoms with van der Waals surface area (Å²) in [7, 11) is 0. The Morgan fingerprint density at radius 3 is 2.08 bits per heavy atom. The van der Waals surface area contributed by atoms with Crippen molar-refractivity contribution in [2.24, 2.45) is 16.7 Å². The molecule has 3 aromatic rings. The van der Waals surface area contributed by atoms with Crippen LogP contribution in [0, 0.1) is 16.7 Å². The Labute approximate surface area is 368 Å². The van der Waals surface area contributed by atoms with Gasteiger partial charge in [-0.3, -0.25) is 19.2 Å². The van der Waals surface area contributed by atoms with Crippen LogP contribution in [0.15, 0.2) is 96.1 Å².